The zero-order valence-corrected chi connectivity index (χ0v) is 14.7. The Balaban J connectivity index is 2.29. The molecule has 0 unspecified atom stereocenters. The summed E-state index contributed by atoms with van der Waals surface area (Å²) >= 11 is 0. The Labute approximate surface area is 141 Å². The third-order valence-corrected chi connectivity index (χ3v) is 4.40. The molecule has 0 saturated carbocycles. The van der Waals surface area contributed by atoms with Crippen LogP contribution >= 0.6 is 0 Å². The molecule has 0 aliphatic carbocycles. The van der Waals surface area contributed by atoms with Crippen LogP contribution < -0.4 is 4.74 Å². The van der Waals surface area contributed by atoms with Crippen LogP contribution in [0.25, 0.3) is 16.5 Å². The number of carbonyl (C=O) groups is 1. The number of benzene rings is 1. The van der Waals surface area contributed by atoms with E-state index in [2.05, 4.69) is 28.6 Å². The molecule has 0 N–H and O–H groups in total. The number of ether oxygens (including phenoxy) is 1. The lowest BCUT2D eigenvalue weighted by molar-refractivity contribution is 0.112. The van der Waals surface area contributed by atoms with Gasteiger partial charge < -0.3 is 9.30 Å². The smallest absolute Gasteiger partial charge is 0.153 e. The quantitative estimate of drug-likeness (QED) is 0.684. The van der Waals surface area contributed by atoms with Crippen molar-refractivity contribution in [3.63, 3.8) is 0 Å². The number of aryl methyl sites for hydroxylation is 4. The first-order valence-electron chi connectivity index (χ1n) is 8.03. The second-order valence-electron chi connectivity index (χ2n) is 5.90. The topological polar surface area (TPSA) is 57.0 Å². The highest BCUT2D eigenvalue weighted by Crippen LogP contribution is 2.32. The van der Waals surface area contributed by atoms with E-state index in [1.54, 1.807) is 0 Å². The minimum absolute atomic E-state index is 0.529. The molecule has 3 rings (SSSR count). The van der Waals surface area contributed by atoms with Gasteiger partial charge in [0.25, 0.3) is 0 Å². The molecule has 0 radical (unpaired) electrons. The molecule has 3 aromatic rings. The Hall–Kier alpha value is -2.69. The Morgan fingerprint density at radius 3 is 2.12 bits per heavy atom. The van der Waals surface area contributed by atoms with Crippen molar-refractivity contribution in [2.24, 2.45) is 0 Å². The lowest BCUT2D eigenvalue weighted by Gasteiger charge is -2.12. The fourth-order valence-electron chi connectivity index (χ4n) is 3.41. The van der Waals surface area contributed by atoms with Crippen LogP contribution in [0.3, 0.4) is 0 Å². The molecule has 124 valence electrons. The highest BCUT2D eigenvalue weighted by atomic mass is 16.5. The average Bonchev–Trinajstić information content (AvgIpc) is 2.84. The van der Waals surface area contributed by atoms with Gasteiger partial charge >= 0.3 is 0 Å². The van der Waals surface area contributed by atoms with E-state index in [9.17, 15) is 4.79 Å². The summed E-state index contributed by atoms with van der Waals surface area (Å²) in [5, 5.41) is 10.7. The molecule has 0 fully saturated rings. The molecule has 0 spiro atoms. The van der Waals surface area contributed by atoms with Gasteiger partial charge in [0.2, 0.25) is 0 Å². The maximum absolute atomic E-state index is 11.4. The summed E-state index contributed by atoms with van der Waals surface area (Å²) in [6.07, 6.45) is 0.835. The summed E-state index contributed by atoms with van der Waals surface area (Å²) in [5.41, 5.74) is 5.51. The minimum Gasteiger partial charge on any atom is -0.493 e. The first-order valence-corrected chi connectivity index (χ1v) is 8.03. The third kappa shape index (κ3) is 2.37. The number of rotatable bonds is 4. The van der Waals surface area contributed by atoms with Crippen molar-refractivity contribution in [3.05, 3.63) is 46.5 Å². The maximum Gasteiger partial charge on any atom is 0.153 e. The van der Waals surface area contributed by atoms with Gasteiger partial charge in [-0.3, -0.25) is 4.79 Å². The van der Waals surface area contributed by atoms with E-state index >= 15 is 0 Å². The normalized spacial score (nSPS) is 11.0. The molecule has 0 aliphatic heterocycles. The third-order valence-electron chi connectivity index (χ3n) is 4.40. The molecule has 24 heavy (non-hydrogen) atoms. The van der Waals surface area contributed by atoms with Crippen molar-refractivity contribution in [1.82, 2.24) is 14.8 Å². The number of carbonyl (C=O) groups excluding carboxylic acids is 1. The van der Waals surface area contributed by atoms with E-state index in [4.69, 9.17) is 4.74 Å². The van der Waals surface area contributed by atoms with Gasteiger partial charge in [-0.05, 0) is 52.8 Å². The van der Waals surface area contributed by atoms with Crippen LogP contribution in [0.5, 0.6) is 5.75 Å². The van der Waals surface area contributed by atoms with Crippen LogP contribution in [0, 0.1) is 27.7 Å². The van der Waals surface area contributed by atoms with Gasteiger partial charge in [-0.1, -0.05) is 0 Å². The molecule has 5 nitrogen and oxygen atoms in total. The summed E-state index contributed by atoms with van der Waals surface area (Å²) in [5.74, 6) is 0.610. The molecule has 0 atom stereocenters. The number of aldehydes is 1. The summed E-state index contributed by atoms with van der Waals surface area (Å²) < 4.78 is 7.67. The van der Waals surface area contributed by atoms with E-state index in [0.717, 1.165) is 45.5 Å². The first kappa shape index (κ1) is 16.2. The summed E-state index contributed by atoms with van der Waals surface area (Å²) in [7, 11) is 0. The Morgan fingerprint density at radius 2 is 1.62 bits per heavy atom. The second-order valence-corrected chi connectivity index (χ2v) is 5.90. The van der Waals surface area contributed by atoms with Crippen LogP contribution in [0.2, 0.25) is 0 Å². The van der Waals surface area contributed by atoms with Crippen LogP contribution in [0.1, 0.15) is 40.1 Å². The van der Waals surface area contributed by atoms with E-state index < -0.39 is 0 Å². The SMILES string of the molecule is CCOc1ccc(-n2c(C)c3c(C)nnc(C)c3c2C)cc1C=O. The summed E-state index contributed by atoms with van der Waals surface area (Å²) in [6.45, 7) is 10.5. The predicted molar refractivity (Wildman–Crippen MR) is 94.4 cm³/mol. The first-order chi connectivity index (χ1) is 11.5. The summed E-state index contributed by atoms with van der Waals surface area (Å²) in [6, 6.07) is 5.69. The molecule has 0 bridgehead atoms. The van der Waals surface area contributed by atoms with E-state index in [0.29, 0.717) is 17.9 Å². The number of fused-ring (bicyclic) bond motifs is 1. The lowest BCUT2D eigenvalue weighted by Crippen LogP contribution is -2.02. The molecule has 1 aromatic carbocycles. The molecule has 5 heteroatoms. The standard InChI is InChI=1S/C19H21N3O2/c1-6-24-17-8-7-16(9-15(17)10-23)22-13(4)18-11(2)20-21-12(3)19(18)14(22)5/h7-10H,6H2,1-5H3. The van der Waals surface area contributed by atoms with Crippen molar-refractivity contribution in [2.75, 3.05) is 6.61 Å². The highest BCUT2D eigenvalue weighted by Gasteiger charge is 2.18. The van der Waals surface area contributed by atoms with Crippen molar-refractivity contribution >= 4 is 17.1 Å². The van der Waals surface area contributed by atoms with Crippen molar-refractivity contribution in [1.29, 1.82) is 0 Å². The predicted octanol–water partition coefficient (Wildman–Crippen LogP) is 3.87. The largest absolute Gasteiger partial charge is 0.493 e. The Bertz CT molecular complexity index is 897. The maximum atomic E-state index is 11.4. The van der Waals surface area contributed by atoms with Crippen LogP contribution in [0.4, 0.5) is 0 Å². The molecule has 0 aliphatic rings. The van der Waals surface area contributed by atoms with Crippen molar-refractivity contribution in [3.8, 4) is 11.4 Å². The Morgan fingerprint density at radius 1 is 1.04 bits per heavy atom. The molecule has 2 aromatic heterocycles. The van der Waals surface area contributed by atoms with Gasteiger partial charge in [0.05, 0.1) is 23.6 Å². The summed E-state index contributed by atoms with van der Waals surface area (Å²) in [4.78, 5) is 11.4. The van der Waals surface area contributed by atoms with Crippen LogP contribution in [-0.2, 0) is 0 Å². The number of aromatic nitrogens is 3. The minimum atomic E-state index is 0.529. The molecule has 0 saturated heterocycles. The van der Waals surface area contributed by atoms with Gasteiger partial charge in [0.15, 0.2) is 6.29 Å². The fourth-order valence-corrected chi connectivity index (χ4v) is 3.41. The zero-order valence-electron chi connectivity index (χ0n) is 14.7. The van der Waals surface area contributed by atoms with Crippen molar-refractivity contribution in [2.45, 2.75) is 34.6 Å². The fraction of sp³-hybridized carbons (Fsp3) is 0.316. The van der Waals surface area contributed by atoms with Gasteiger partial charge in [-0.15, -0.1) is 0 Å². The van der Waals surface area contributed by atoms with Gasteiger partial charge in [-0.25, -0.2) is 0 Å². The van der Waals surface area contributed by atoms with Gasteiger partial charge in [0.1, 0.15) is 5.75 Å². The number of nitrogens with zero attached hydrogens (tertiary/aromatic N) is 3. The average molecular weight is 323 g/mol. The lowest BCUT2D eigenvalue weighted by atomic mass is 10.1. The molecule has 0 amide bonds. The van der Waals surface area contributed by atoms with E-state index in [-0.39, 0.29) is 0 Å². The monoisotopic (exact) mass is 323 g/mol. The number of hydrogen-bond donors (Lipinski definition) is 0. The molecule has 2 heterocycles. The van der Waals surface area contributed by atoms with Crippen LogP contribution in [-0.4, -0.2) is 27.7 Å². The zero-order chi connectivity index (χ0) is 17.4. The van der Waals surface area contributed by atoms with Gasteiger partial charge in [0, 0.05) is 27.8 Å². The van der Waals surface area contributed by atoms with Crippen LogP contribution in [0.15, 0.2) is 18.2 Å². The second kappa shape index (κ2) is 6.07. The van der Waals surface area contributed by atoms with Crippen molar-refractivity contribution < 1.29 is 9.53 Å². The number of hydrogen-bond acceptors (Lipinski definition) is 4. The van der Waals surface area contributed by atoms with Gasteiger partial charge in [-0.2, -0.15) is 10.2 Å². The van der Waals surface area contributed by atoms with E-state index in [1.165, 1.54) is 0 Å². The molecular formula is C19H21N3O2. The highest BCUT2D eigenvalue weighted by molar-refractivity contribution is 5.92. The Kier molecular flexibility index (Phi) is 4.09. The molecular weight excluding hydrogens is 302 g/mol. The van der Waals surface area contributed by atoms with E-state index in [1.807, 2.05) is 39.0 Å².